The van der Waals surface area contributed by atoms with Crippen LogP contribution in [0.25, 0.3) is 0 Å². The van der Waals surface area contributed by atoms with E-state index < -0.39 is 12.2 Å². The molecular formula is C28H44BrN4O6PS. The monoisotopic (exact) mass is 674 g/mol. The fraction of sp³-hybridized carbons (Fsp3) is 0.679. The predicted molar refractivity (Wildman–Crippen MR) is 166 cm³/mol. The summed E-state index contributed by atoms with van der Waals surface area (Å²) < 4.78 is 17.0. The van der Waals surface area contributed by atoms with E-state index in [1.807, 2.05) is 30.8 Å². The average molecular weight is 676 g/mol. The maximum absolute atomic E-state index is 12.5. The van der Waals surface area contributed by atoms with E-state index in [0.29, 0.717) is 43.2 Å². The Morgan fingerprint density at radius 3 is 2.49 bits per heavy atom. The third-order valence-electron chi connectivity index (χ3n) is 7.42. The van der Waals surface area contributed by atoms with Crippen LogP contribution in [0.1, 0.15) is 87.3 Å². The first-order valence-corrected chi connectivity index (χ1v) is 18.2. The maximum atomic E-state index is 12.5. The molecule has 2 fully saturated rings. The van der Waals surface area contributed by atoms with Gasteiger partial charge < -0.3 is 30.7 Å². The van der Waals surface area contributed by atoms with Gasteiger partial charge >= 0.3 is 13.6 Å². The van der Waals surface area contributed by atoms with Crippen molar-refractivity contribution in [2.24, 2.45) is 0 Å². The van der Waals surface area contributed by atoms with Crippen molar-refractivity contribution in [2.45, 2.75) is 106 Å². The van der Waals surface area contributed by atoms with E-state index >= 15 is 0 Å². The molecule has 2 aliphatic heterocycles. The van der Waals surface area contributed by atoms with Crippen LogP contribution in [0.2, 0.25) is 0 Å². The molecule has 0 aliphatic carbocycles. The number of halogens is 1. The zero-order valence-electron chi connectivity index (χ0n) is 23.9. The Morgan fingerprint density at radius 1 is 1.10 bits per heavy atom. The zero-order valence-corrected chi connectivity index (χ0v) is 27.2. The first kappa shape index (κ1) is 33.9. The number of unbranched alkanes of at least 4 members (excludes halogenated alkanes) is 3. The first-order chi connectivity index (χ1) is 19.6. The number of hydrogen-bond donors (Lipinski definition) is 5. The van der Waals surface area contributed by atoms with Gasteiger partial charge in [0.25, 0.3) is 0 Å². The number of amides is 4. The second-order valence-corrected chi connectivity index (χ2v) is 15.5. The Morgan fingerprint density at radius 2 is 1.78 bits per heavy atom. The van der Waals surface area contributed by atoms with Crippen LogP contribution < -0.4 is 21.3 Å². The van der Waals surface area contributed by atoms with Gasteiger partial charge in [0.05, 0.1) is 18.2 Å². The van der Waals surface area contributed by atoms with Crippen LogP contribution in [0.3, 0.4) is 0 Å². The molecule has 0 bridgehead atoms. The lowest BCUT2D eigenvalue weighted by Crippen LogP contribution is -2.36. The van der Waals surface area contributed by atoms with Crippen molar-refractivity contribution in [3.63, 3.8) is 0 Å². The molecule has 10 nitrogen and oxygen atoms in total. The summed E-state index contributed by atoms with van der Waals surface area (Å²) in [6.45, 7) is 4.65. The lowest BCUT2D eigenvalue weighted by Gasteiger charge is -2.21. The van der Waals surface area contributed by atoms with Crippen LogP contribution in [0, 0.1) is 0 Å². The van der Waals surface area contributed by atoms with Crippen molar-refractivity contribution in [1.29, 1.82) is 0 Å². The Balaban J connectivity index is 1.19. The Labute approximate surface area is 255 Å². The van der Waals surface area contributed by atoms with Crippen molar-refractivity contribution in [1.82, 2.24) is 21.3 Å². The summed E-state index contributed by atoms with van der Waals surface area (Å²) in [5.41, 5.74) is 1.54. The second-order valence-electron chi connectivity index (χ2n) is 10.8. The van der Waals surface area contributed by atoms with Crippen LogP contribution >= 0.6 is 35.3 Å². The highest BCUT2D eigenvalue weighted by Gasteiger charge is 2.42. The highest BCUT2D eigenvalue weighted by Crippen LogP contribution is 2.60. The van der Waals surface area contributed by atoms with Crippen molar-refractivity contribution in [3.05, 3.63) is 35.4 Å². The summed E-state index contributed by atoms with van der Waals surface area (Å²) in [4.78, 5) is 46.0. The van der Waals surface area contributed by atoms with Gasteiger partial charge in [-0.2, -0.15) is 11.8 Å². The SMILES string of the molecule is CCC(C)OP(=O)(O)C(Br)c1ccc(CNC(=O)CCCCCNC(=O)CCCCC2SCC3NC(=O)NC32)cc1. The van der Waals surface area contributed by atoms with Crippen molar-refractivity contribution in [2.75, 3.05) is 12.3 Å². The van der Waals surface area contributed by atoms with E-state index in [-0.39, 0.29) is 36.0 Å². The minimum atomic E-state index is -3.86. The fourth-order valence-corrected chi connectivity index (χ4v) is 8.29. The highest BCUT2D eigenvalue weighted by molar-refractivity contribution is 9.10. The summed E-state index contributed by atoms with van der Waals surface area (Å²) >= 11 is 5.19. The molecule has 4 amide bonds. The van der Waals surface area contributed by atoms with Gasteiger partial charge in [-0.1, -0.05) is 60.0 Å². The molecular weight excluding hydrogens is 631 g/mol. The van der Waals surface area contributed by atoms with Crippen molar-refractivity contribution >= 4 is 53.1 Å². The number of alkyl halides is 1. The van der Waals surface area contributed by atoms with Gasteiger partial charge in [0, 0.05) is 36.9 Å². The highest BCUT2D eigenvalue weighted by atomic mass is 79.9. The molecule has 3 rings (SSSR count). The quantitative estimate of drug-likeness (QED) is 0.0630. The third kappa shape index (κ3) is 11.2. The minimum absolute atomic E-state index is 0.0296. The number of fused-ring (bicyclic) bond motifs is 1. The molecule has 2 aliphatic rings. The standard InChI is InChI=1S/C28H44BrN4O6PS/c1-3-19(2)39-40(37,38)27(29)21-14-12-20(13-15-21)17-31-25(35)10-5-4-8-16-30-24(34)11-7-6-9-23-26-22(18-41-23)32-28(36)33-26/h12-15,19,22-23,26-27H,3-11,16-18H2,1-2H3,(H,30,34)(H,31,35)(H,37,38)(H2,32,33,36). The largest absolute Gasteiger partial charge is 0.356 e. The van der Waals surface area contributed by atoms with Gasteiger partial charge in [0.1, 0.15) is 4.57 Å². The molecule has 6 unspecified atom stereocenters. The Bertz CT molecular complexity index is 1060. The molecule has 5 N–H and O–H groups in total. The molecule has 230 valence electrons. The summed E-state index contributed by atoms with van der Waals surface area (Å²) in [5.74, 6) is 0.991. The van der Waals surface area contributed by atoms with E-state index in [1.54, 1.807) is 19.1 Å². The smallest absolute Gasteiger partial charge is 0.346 e. The topological polar surface area (TPSA) is 146 Å². The lowest BCUT2D eigenvalue weighted by atomic mass is 10.0. The number of benzene rings is 1. The van der Waals surface area contributed by atoms with E-state index in [4.69, 9.17) is 4.52 Å². The van der Waals surface area contributed by atoms with Crippen LogP contribution in [0.4, 0.5) is 4.79 Å². The number of thioether (sulfide) groups is 1. The molecule has 6 atom stereocenters. The van der Waals surface area contributed by atoms with Gasteiger partial charge in [0.2, 0.25) is 11.8 Å². The summed E-state index contributed by atoms with van der Waals surface area (Å²) in [5, 5.41) is 12.3. The Kier molecular flexibility index (Phi) is 14.0. The number of carbonyl (C=O) groups is 3. The van der Waals surface area contributed by atoms with Gasteiger partial charge in [-0.25, -0.2) is 4.79 Å². The number of urea groups is 1. The molecule has 0 aromatic heterocycles. The van der Waals surface area contributed by atoms with Gasteiger partial charge in [-0.15, -0.1) is 0 Å². The van der Waals surface area contributed by atoms with E-state index in [9.17, 15) is 23.8 Å². The van der Waals surface area contributed by atoms with E-state index in [2.05, 4.69) is 37.2 Å². The van der Waals surface area contributed by atoms with Gasteiger partial charge in [-0.3, -0.25) is 14.2 Å². The number of rotatable bonds is 18. The summed E-state index contributed by atoms with van der Waals surface area (Å²) in [6.07, 6.45) is 6.53. The van der Waals surface area contributed by atoms with Crippen LogP contribution in [-0.4, -0.2) is 58.5 Å². The van der Waals surface area contributed by atoms with Gasteiger partial charge in [0.15, 0.2) is 0 Å². The van der Waals surface area contributed by atoms with Crippen molar-refractivity contribution in [3.8, 4) is 0 Å². The summed E-state index contributed by atoms with van der Waals surface area (Å²) in [7, 11) is -3.86. The molecule has 0 spiro atoms. The third-order valence-corrected chi connectivity index (χ3v) is 12.5. The predicted octanol–water partition coefficient (Wildman–Crippen LogP) is 5.10. The normalized spacial score (nSPS) is 22.6. The van der Waals surface area contributed by atoms with E-state index in [1.165, 1.54) is 0 Å². The number of hydrogen-bond acceptors (Lipinski definition) is 6. The van der Waals surface area contributed by atoms with Crippen LogP contribution in [-0.2, 0) is 25.2 Å². The molecule has 2 heterocycles. The summed E-state index contributed by atoms with van der Waals surface area (Å²) in [6, 6.07) is 7.56. The van der Waals surface area contributed by atoms with E-state index in [0.717, 1.165) is 49.8 Å². The molecule has 13 heteroatoms. The minimum Gasteiger partial charge on any atom is -0.356 e. The molecule has 1 aromatic rings. The fourth-order valence-electron chi connectivity index (χ4n) is 4.84. The van der Waals surface area contributed by atoms with Crippen LogP contribution in [0.15, 0.2) is 24.3 Å². The molecule has 1 aromatic carbocycles. The van der Waals surface area contributed by atoms with Crippen molar-refractivity contribution < 1.29 is 28.4 Å². The first-order valence-electron chi connectivity index (χ1n) is 14.5. The lowest BCUT2D eigenvalue weighted by molar-refractivity contribution is -0.122. The average Bonchev–Trinajstić information content (AvgIpc) is 3.50. The molecule has 2 saturated heterocycles. The molecule has 41 heavy (non-hydrogen) atoms. The molecule has 0 saturated carbocycles. The maximum Gasteiger partial charge on any atom is 0.346 e. The molecule has 0 radical (unpaired) electrons. The second kappa shape index (κ2) is 16.9. The zero-order chi connectivity index (χ0) is 29.8. The Hall–Kier alpha value is -1.59. The van der Waals surface area contributed by atoms with Crippen LogP contribution in [0.5, 0.6) is 0 Å². The number of nitrogens with one attached hydrogen (secondary N) is 4. The van der Waals surface area contributed by atoms with Gasteiger partial charge in [-0.05, 0) is 50.2 Å². The number of carbonyl (C=O) groups excluding carboxylic acids is 3.